The molecule has 0 atom stereocenters. The number of fused-ring (bicyclic) bond motifs is 1. The van der Waals surface area contributed by atoms with Crippen molar-refractivity contribution in [3.8, 4) is 0 Å². The average molecular weight is 478 g/mol. The second kappa shape index (κ2) is 11.4. The van der Waals surface area contributed by atoms with E-state index in [4.69, 9.17) is 9.97 Å². The van der Waals surface area contributed by atoms with Crippen molar-refractivity contribution in [1.82, 2.24) is 15.3 Å². The van der Waals surface area contributed by atoms with Gasteiger partial charge in [-0.1, -0.05) is 78.9 Å². The van der Waals surface area contributed by atoms with E-state index in [1.807, 2.05) is 26.2 Å². The first-order chi connectivity index (χ1) is 17.7. The van der Waals surface area contributed by atoms with Crippen molar-refractivity contribution in [2.75, 3.05) is 30.9 Å². The molecule has 0 spiro atoms. The zero-order chi connectivity index (χ0) is 24.7. The van der Waals surface area contributed by atoms with Gasteiger partial charge >= 0.3 is 0 Å². The van der Waals surface area contributed by atoms with Gasteiger partial charge in [-0.15, -0.1) is 0 Å². The van der Waals surface area contributed by atoms with Crippen LogP contribution in [0, 0.1) is 0 Å². The van der Waals surface area contributed by atoms with Gasteiger partial charge in [-0.05, 0) is 54.5 Å². The number of aromatic nitrogens is 2. The van der Waals surface area contributed by atoms with Gasteiger partial charge in [-0.25, -0.2) is 4.98 Å². The van der Waals surface area contributed by atoms with Crippen LogP contribution in [0.25, 0.3) is 16.5 Å². The molecule has 36 heavy (non-hydrogen) atoms. The molecular weight excluding hydrogens is 442 g/mol. The Morgan fingerprint density at radius 2 is 1.36 bits per heavy atom. The van der Waals surface area contributed by atoms with Crippen LogP contribution in [-0.2, 0) is 0 Å². The van der Waals surface area contributed by atoms with Gasteiger partial charge in [0.05, 0.1) is 5.52 Å². The van der Waals surface area contributed by atoms with E-state index in [1.54, 1.807) is 0 Å². The molecule has 5 rings (SSSR count). The Morgan fingerprint density at radius 3 is 2.00 bits per heavy atom. The van der Waals surface area contributed by atoms with E-state index in [0.717, 1.165) is 54.9 Å². The quantitative estimate of drug-likeness (QED) is 0.319. The summed E-state index contributed by atoms with van der Waals surface area (Å²) < 4.78 is 0. The highest BCUT2D eigenvalue weighted by molar-refractivity contribution is 5.90. The highest BCUT2D eigenvalue weighted by atomic mass is 15.2. The lowest BCUT2D eigenvalue weighted by atomic mass is 9.91. The molecule has 4 aromatic rings. The Hall–Kier alpha value is -3.70. The molecule has 2 N–H and O–H groups in total. The molecule has 1 aliphatic rings. The molecule has 1 aromatic heterocycles. The number of anilines is 2. The van der Waals surface area contributed by atoms with Crippen LogP contribution < -0.4 is 15.5 Å². The summed E-state index contributed by atoms with van der Waals surface area (Å²) in [5, 5.41) is 8.48. The van der Waals surface area contributed by atoms with E-state index in [2.05, 4.69) is 94.4 Å². The summed E-state index contributed by atoms with van der Waals surface area (Å²) in [5.41, 5.74) is 4.77. The molecule has 1 saturated carbocycles. The fourth-order valence-electron chi connectivity index (χ4n) is 5.06. The van der Waals surface area contributed by atoms with E-state index >= 15 is 0 Å². The number of hydrogen-bond donors (Lipinski definition) is 2. The van der Waals surface area contributed by atoms with Gasteiger partial charge in [0.2, 0.25) is 5.95 Å². The summed E-state index contributed by atoms with van der Waals surface area (Å²) in [7, 11) is 4.07. The minimum absolute atomic E-state index is 0.402. The Morgan fingerprint density at radius 1 is 0.778 bits per heavy atom. The van der Waals surface area contributed by atoms with Crippen molar-refractivity contribution in [2.45, 2.75) is 37.8 Å². The first-order valence-electron chi connectivity index (χ1n) is 12.9. The predicted molar refractivity (Wildman–Crippen MR) is 151 cm³/mol. The van der Waals surface area contributed by atoms with Gasteiger partial charge in [0, 0.05) is 38.1 Å². The zero-order valence-corrected chi connectivity index (χ0v) is 21.2. The Balaban J connectivity index is 1.19. The van der Waals surface area contributed by atoms with E-state index in [1.165, 1.54) is 16.7 Å². The fourth-order valence-corrected chi connectivity index (χ4v) is 5.06. The molecule has 5 nitrogen and oxygen atoms in total. The third-order valence-electron chi connectivity index (χ3n) is 6.95. The smallest absolute Gasteiger partial charge is 0.225 e. The Labute approximate surface area is 214 Å². The van der Waals surface area contributed by atoms with Crippen molar-refractivity contribution >= 4 is 28.2 Å². The van der Waals surface area contributed by atoms with E-state index < -0.39 is 0 Å². The van der Waals surface area contributed by atoms with Crippen LogP contribution >= 0.6 is 0 Å². The van der Waals surface area contributed by atoms with Crippen molar-refractivity contribution < 1.29 is 0 Å². The second-order valence-electron chi connectivity index (χ2n) is 9.73. The summed E-state index contributed by atoms with van der Waals surface area (Å²) in [6.45, 7) is 0.863. The monoisotopic (exact) mass is 477 g/mol. The van der Waals surface area contributed by atoms with Gasteiger partial charge in [0.15, 0.2) is 0 Å². The summed E-state index contributed by atoms with van der Waals surface area (Å²) in [4.78, 5) is 11.7. The minimum Gasteiger partial charge on any atom is -0.362 e. The number of rotatable bonds is 8. The van der Waals surface area contributed by atoms with Crippen LogP contribution in [0.5, 0.6) is 0 Å². The molecular formula is C31H35N5. The number of benzene rings is 3. The number of nitrogens with one attached hydrogen (secondary N) is 2. The van der Waals surface area contributed by atoms with Crippen LogP contribution in [0.3, 0.4) is 0 Å². The van der Waals surface area contributed by atoms with Crippen LogP contribution in [0.2, 0.25) is 0 Å². The van der Waals surface area contributed by atoms with Gasteiger partial charge in [-0.2, -0.15) is 4.98 Å². The Kier molecular flexibility index (Phi) is 7.58. The highest BCUT2D eigenvalue weighted by Gasteiger charge is 2.22. The van der Waals surface area contributed by atoms with Crippen LogP contribution in [0.4, 0.5) is 11.8 Å². The molecule has 0 bridgehead atoms. The van der Waals surface area contributed by atoms with Crippen molar-refractivity contribution in [3.63, 3.8) is 0 Å². The van der Waals surface area contributed by atoms with Crippen molar-refractivity contribution in [3.05, 3.63) is 102 Å². The molecule has 0 saturated heterocycles. The number of nitrogens with zero attached hydrogens (tertiary/aromatic N) is 3. The molecule has 3 aromatic carbocycles. The zero-order valence-electron chi connectivity index (χ0n) is 21.2. The SMILES string of the molecule is CN(C)c1nc(N[C@H]2CC[C@@H](NCC=C(c3ccccc3)c3ccccc3)CC2)nc2ccccc12. The number of para-hydroxylation sites is 1. The predicted octanol–water partition coefficient (Wildman–Crippen LogP) is 6.14. The molecule has 1 heterocycles. The first kappa shape index (κ1) is 24.0. The first-order valence-corrected chi connectivity index (χ1v) is 12.9. The van der Waals surface area contributed by atoms with Crippen LogP contribution in [0.15, 0.2) is 91.0 Å². The van der Waals surface area contributed by atoms with Gasteiger partial charge in [-0.3, -0.25) is 0 Å². The third kappa shape index (κ3) is 5.74. The highest BCUT2D eigenvalue weighted by Crippen LogP contribution is 2.27. The maximum atomic E-state index is 4.82. The Bertz CT molecular complexity index is 1250. The molecule has 5 heteroatoms. The molecule has 0 unspecified atom stereocenters. The lowest BCUT2D eigenvalue weighted by Gasteiger charge is -2.30. The standard InChI is InChI=1S/C31H35N5/c1-36(2)30-28-15-9-10-16-29(28)34-31(35-30)33-26-19-17-25(18-20-26)32-22-21-27(23-11-5-3-6-12-23)24-13-7-4-8-14-24/h3-16,21,25-26,32H,17-20,22H2,1-2H3,(H,33,34,35)/t25-,26+. The molecule has 184 valence electrons. The summed E-state index contributed by atoms with van der Waals surface area (Å²) >= 11 is 0. The lowest BCUT2D eigenvalue weighted by Crippen LogP contribution is -2.37. The maximum absolute atomic E-state index is 4.82. The average Bonchev–Trinajstić information content (AvgIpc) is 2.92. The fraction of sp³-hybridized carbons (Fsp3) is 0.290. The maximum Gasteiger partial charge on any atom is 0.225 e. The summed E-state index contributed by atoms with van der Waals surface area (Å²) in [5.74, 6) is 1.69. The van der Waals surface area contributed by atoms with Gasteiger partial charge < -0.3 is 15.5 Å². The molecule has 1 aliphatic carbocycles. The lowest BCUT2D eigenvalue weighted by molar-refractivity contribution is 0.363. The summed E-state index contributed by atoms with van der Waals surface area (Å²) in [6.07, 6.45) is 6.84. The molecule has 0 radical (unpaired) electrons. The molecule has 0 aliphatic heterocycles. The largest absolute Gasteiger partial charge is 0.362 e. The van der Waals surface area contributed by atoms with E-state index in [9.17, 15) is 0 Å². The van der Waals surface area contributed by atoms with Crippen LogP contribution in [-0.4, -0.2) is 42.7 Å². The van der Waals surface area contributed by atoms with Crippen molar-refractivity contribution in [2.24, 2.45) is 0 Å². The van der Waals surface area contributed by atoms with E-state index in [-0.39, 0.29) is 0 Å². The topological polar surface area (TPSA) is 53.1 Å². The van der Waals surface area contributed by atoms with Crippen LogP contribution in [0.1, 0.15) is 36.8 Å². The third-order valence-corrected chi connectivity index (χ3v) is 6.95. The van der Waals surface area contributed by atoms with Crippen molar-refractivity contribution in [1.29, 1.82) is 0 Å². The molecule has 0 amide bonds. The van der Waals surface area contributed by atoms with Gasteiger partial charge in [0.25, 0.3) is 0 Å². The van der Waals surface area contributed by atoms with Gasteiger partial charge in [0.1, 0.15) is 5.82 Å². The second-order valence-corrected chi connectivity index (χ2v) is 9.73. The molecule has 1 fully saturated rings. The normalized spacial score (nSPS) is 17.5. The summed E-state index contributed by atoms with van der Waals surface area (Å²) in [6, 6.07) is 30.5. The minimum atomic E-state index is 0.402. The van der Waals surface area contributed by atoms with E-state index in [0.29, 0.717) is 12.1 Å². The number of hydrogen-bond acceptors (Lipinski definition) is 5.